The summed E-state index contributed by atoms with van der Waals surface area (Å²) < 4.78 is 1.59. The number of anilines is 1. The van der Waals surface area contributed by atoms with Gasteiger partial charge in [-0.2, -0.15) is 5.10 Å². The van der Waals surface area contributed by atoms with Gasteiger partial charge in [0.25, 0.3) is 0 Å². The number of carbonyl (C=O) groups is 2. The van der Waals surface area contributed by atoms with E-state index in [0.717, 1.165) is 12.1 Å². The Morgan fingerprint density at radius 1 is 1.55 bits per heavy atom. The van der Waals surface area contributed by atoms with Crippen LogP contribution < -0.4 is 21.3 Å². The number of hydrogen-bond donors (Lipinski definition) is 4. The van der Waals surface area contributed by atoms with Crippen LogP contribution >= 0.6 is 0 Å². The lowest BCUT2D eigenvalue weighted by Gasteiger charge is -2.31. The van der Waals surface area contributed by atoms with Crippen molar-refractivity contribution < 1.29 is 9.59 Å². The largest absolute Gasteiger partial charge is 0.336 e. The van der Waals surface area contributed by atoms with E-state index in [1.54, 1.807) is 10.7 Å². The number of hydrogen-bond acceptors (Lipinski definition) is 4. The zero-order chi connectivity index (χ0) is 16.3. The lowest BCUT2D eigenvalue weighted by atomic mass is 10.1. The van der Waals surface area contributed by atoms with Gasteiger partial charge in [0, 0.05) is 24.6 Å². The van der Waals surface area contributed by atoms with Crippen molar-refractivity contribution in [2.75, 3.05) is 5.32 Å². The molecular formula is C14H24N6O2. The minimum atomic E-state index is -0.464. The number of nitrogens with zero attached hydrogens (tertiary/aromatic N) is 2. The molecule has 0 aliphatic carbocycles. The second kappa shape index (κ2) is 6.78. The van der Waals surface area contributed by atoms with Gasteiger partial charge in [-0.25, -0.2) is 9.48 Å². The number of urea groups is 1. The quantitative estimate of drug-likeness (QED) is 0.668. The van der Waals surface area contributed by atoms with Crippen molar-refractivity contribution in [3.05, 3.63) is 11.8 Å². The van der Waals surface area contributed by atoms with Gasteiger partial charge in [-0.3, -0.25) is 15.4 Å². The molecule has 0 spiro atoms. The third-order valence-electron chi connectivity index (χ3n) is 3.38. The zero-order valence-corrected chi connectivity index (χ0v) is 13.4. The molecule has 0 bridgehead atoms. The van der Waals surface area contributed by atoms with E-state index in [2.05, 4.69) is 26.4 Å². The molecule has 4 N–H and O–H groups in total. The summed E-state index contributed by atoms with van der Waals surface area (Å²) in [6.45, 7) is 7.63. The fraction of sp³-hybridized carbons (Fsp3) is 0.643. The number of nitrogens with one attached hydrogen (secondary N) is 4. The van der Waals surface area contributed by atoms with Gasteiger partial charge >= 0.3 is 6.03 Å². The maximum atomic E-state index is 11.9. The van der Waals surface area contributed by atoms with Crippen molar-refractivity contribution in [3.8, 4) is 0 Å². The van der Waals surface area contributed by atoms with Crippen LogP contribution in [0.4, 0.5) is 10.6 Å². The second-order valence-electron chi connectivity index (χ2n) is 5.81. The van der Waals surface area contributed by atoms with Crippen molar-refractivity contribution in [3.63, 3.8) is 0 Å². The molecule has 1 aromatic heterocycles. The molecule has 8 nitrogen and oxygen atoms in total. The van der Waals surface area contributed by atoms with Crippen LogP contribution in [-0.4, -0.2) is 33.8 Å². The molecule has 0 saturated carbocycles. The summed E-state index contributed by atoms with van der Waals surface area (Å²) >= 11 is 0. The van der Waals surface area contributed by atoms with E-state index in [0.29, 0.717) is 12.2 Å². The highest BCUT2D eigenvalue weighted by Crippen LogP contribution is 2.18. The van der Waals surface area contributed by atoms with Crippen LogP contribution in [0.15, 0.2) is 6.07 Å². The average Bonchev–Trinajstić information content (AvgIpc) is 2.77. The maximum Gasteiger partial charge on any atom is 0.320 e. The van der Waals surface area contributed by atoms with Crippen LogP contribution in [0.5, 0.6) is 0 Å². The van der Waals surface area contributed by atoms with E-state index < -0.39 is 6.29 Å². The molecule has 1 aromatic rings. The van der Waals surface area contributed by atoms with Crippen LogP contribution in [-0.2, 0) is 4.79 Å². The molecule has 2 atom stereocenters. The highest BCUT2D eigenvalue weighted by atomic mass is 16.2. The molecule has 3 amide bonds. The molecule has 1 aliphatic rings. The van der Waals surface area contributed by atoms with Crippen LogP contribution in [0.2, 0.25) is 0 Å². The van der Waals surface area contributed by atoms with Gasteiger partial charge in [-0.1, -0.05) is 6.92 Å². The molecule has 1 saturated heterocycles. The zero-order valence-electron chi connectivity index (χ0n) is 13.4. The lowest BCUT2D eigenvalue weighted by Crippen LogP contribution is -2.53. The van der Waals surface area contributed by atoms with Crippen LogP contribution in [0, 0.1) is 6.92 Å². The minimum absolute atomic E-state index is 0.0265. The molecule has 2 heterocycles. The number of amides is 3. The SMILES string of the molecule is CCC1CC(=O)NC(n2nc(C)cc2NC(=O)NC(C)C)N1. The van der Waals surface area contributed by atoms with Crippen molar-refractivity contribution in [1.82, 2.24) is 25.7 Å². The van der Waals surface area contributed by atoms with Gasteiger partial charge in [-0.15, -0.1) is 0 Å². The molecule has 8 heteroatoms. The predicted molar refractivity (Wildman–Crippen MR) is 83.3 cm³/mol. The summed E-state index contributed by atoms with van der Waals surface area (Å²) in [7, 11) is 0. The Morgan fingerprint density at radius 2 is 2.27 bits per heavy atom. The second-order valence-corrected chi connectivity index (χ2v) is 5.81. The van der Waals surface area contributed by atoms with Gasteiger partial charge < -0.3 is 10.6 Å². The van der Waals surface area contributed by atoms with E-state index in [1.165, 1.54) is 0 Å². The molecule has 2 rings (SSSR count). The van der Waals surface area contributed by atoms with E-state index >= 15 is 0 Å². The van der Waals surface area contributed by atoms with Crippen molar-refractivity contribution >= 4 is 17.8 Å². The number of aromatic nitrogens is 2. The van der Waals surface area contributed by atoms with Crippen LogP contribution in [0.1, 0.15) is 45.6 Å². The third-order valence-corrected chi connectivity index (χ3v) is 3.38. The summed E-state index contributed by atoms with van der Waals surface area (Å²) in [6.07, 6.45) is 0.833. The molecule has 0 aromatic carbocycles. The van der Waals surface area contributed by atoms with E-state index in [4.69, 9.17) is 0 Å². The monoisotopic (exact) mass is 308 g/mol. The van der Waals surface area contributed by atoms with Crippen molar-refractivity contribution in [1.29, 1.82) is 0 Å². The molecule has 1 aliphatic heterocycles. The molecule has 1 fully saturated rings. The first kappa shape index (κ1) is 16.3. The fourth-order valence-electron chi connectivity index (χ4n) is 2.37. The van der Waals surface area contributed by atoms with Crippen molar-refractivity contribution in [2.45, 2.75) is 58.9 Å². The fourth-order valence-corrected chi connectivity index (χ4v) is 2.37. The van der Waals surface area contributed by atoms with Crippen molar-refractivity contribution in [2.24, 2.45) is 0 Å². The molecule has 2 unspecified atom stereocenters. The van der Waals surface area contributed by atoms with Crippen LogP contribution in [0.25, 0.3) is 0 Å². The molecular weight excluding hydrogens is 284 g/mol. The Balaban J connectivity index is 2.16. The number of aryl methyl sites for hydroxylation is 1. The van der Waals surface area contributed by atoms with Gasteiger partial charge in [0.2, 0.25) is 5.91 Å². The Kier molecular flexibility index (Phi) is 5.02. The van der Waals surface area contributed by atoms with E-state index in [-0.39, 0.29) is 24.0 Å². The topological polar surface area (TPSA) is 100 Å². The molecule has 122 valence electrons. The Labute approximate surface area is 130 Å². The number of carbonyl (C=O) groups excluding carboxylic acids is 2. The average molecular weight is 308 g/mol. The Bertz CT molecular complexity index is 554. The Hall–Kier alpha value is -2.09. The summed E-state index contributed by atoms with van der Waals surface area (Å²) in [5, 5.41) is 16.1. The first-order valence-electron chi connectivity index (χ1n) is 7.58. The Morgan fingerprint density at radius 3 is 2.91 bits per heavy atom. The first-order chi connectivity index (χ1) is 10.4. The predicted octanol–water partition coefficient (Wildman–Crippen LogP) is 1.07. The first-order valence-corrected chi connectivity index (χ1v) is 7.58. The van der Waals surface area contributed by atoms with Gasteiger partial charge in [0.15, 0.2) is 6.29 Å². The highest BCUT2D eigenvalue weighted by Gasteiger charge is 2.28. The molecule has 0 radical (unpaired) electrons. The van der Waals surface area contributed by atoms with E-state index in [9.17, 15) is 9.59 Å². The maximum absolute atomic E-state index is 11.9. The summed E-state index contributed by atoms with van der Waals surface area (Å²) in [5.74, 6) is 0.506. The third kappa shape index (κ3) is 3.97. The van der Waals surface area contributed by atoms with Gasteiger partial charge in [-0.05, 0) is 27.2 Å². The standard InChI is InChI=1S/C14H24N6O2/c1-5-10-7-12(21)18-13(16-10)20-11(6-9(4)19-20)17-14(22)15-8(2)3/h6,8,10,13,16H,5,7H2,1-4H3,(H,18,21)(H2,15,17,22). The van der Waals surface area contributed by atoms with Crippen LogP contribution in [0.3, 0.4) is 0 Å². The van der Waals surface area contributed by atoms with E-state index in [1.807, 2.05) is 27.7 Å². The van der Waals surface area contributed by atoms with Gasteiger partial charge in [0.1, 0.15) is 5.82 Å². The summed E-state index contributed by atoms with van der Waals surface area (Å²) in [6, 6.07) is 1.60. The smallest absolute Gasteiger partial charge is 0.320 e. The number of rotatable bonds is 4. The molecule has 22 heavy (non-hydrogen) atoms. The highest BCUT2D eigenvalue weighted by molar-refractivity contribution is 5.88. The summed E-state index contributed by atoms with van der Waals surface area (Å²) in [4.78, 5) is 23.7. The normalized spacial score (nSPS) is 21.6. The van der Waals surface area contributed by atoms with Gasteiger partial charge in [0.05, 0.1) is 5.69 Å². The summed E-state index contributed by atoms with van der Waals surface area (Å²) in [5.41, 5.74) is 0.759. The minimum Gasteiger partial charge on any atom is -0.336 e. The lowest BCUT2D eigenvalue weighted by molar-refractivity contribution is -0.125.